The predicted molar refractivity (Wildman–Crippen MR) is 137 cm³/mol. The zero-order chi connectivity index (χ0) is 24.3. The summed E-state index contributed by atoms with van der Waals surface area (Å²) in [6, 6.07) is 9.92. The second-order valence-corrected chi connectivity index (χ2v) is 8.89. The maximum atomic E-state index is 13.6. The number of hydrogen-bond donors (Lipinski definition) is 3. The molecule has 3 rings (SSSR count). The van der Waals surface area contributed by atoms with Gasteiger partial charge in [-0.3, -0.25) is 9.59 Å². The number of carbonyl (C=O) groups excluding carboxylic acids is 2. The summed E-state index contributed by atoms with van der Waals surface area (Å²) in [4.78, 5) is 34.6. The Bertz CT molecular complexity index is 1290. The predicted octanol–water partition coefficient (Wildman–Crippen LogP) is 5.47. The van der Waals surface area contributed by atoms with Gasteiger partial charge in [0, 0.05) is 34.0 Å². The van der Waals surface area contributed by atoms with Crippen LogP contribution in [0.25, 0.3) is 0 Å². The third-order valence-electron chi connectivity index (χ3n) is 4.79. The Hall–Kier alpha value is -2.94. The summed E-state index contributed by atoms with van der Waals surface area (Å²) >= 11 is 15.8. The van der Waals surface area contributed by atoms with Crippen LogP contribution in [0, 0.1) is 13.8 Å². The molecule has 0 atom stereocenters. The van der Waals surface area contributed by atoms with Crippen LogP contribution in [0.15, 0.2) is 52.1 Å². The molecule has 0 radical (unpaired) electrons. The quantitative estimate of drug-likeness (QED) is 0.290. The molecule has 0 fully saturated rings. The molecule has 0 spiro atoms. The Kier molecular flexibility index (Phi) is 7.73. The van der Waals surface area contributed by atoms with Gasteiger partial charge in [0.05, 0.1) is 16.3 Å². The first-order valence-corrected chi connectivity index (χ1v) is 11.3. The lowest BCUT2D eigenvalue weighted by atomic mass is 10.0. The highest BCUT2D eigenvalue weighted by atomic mass is 79.9. The molecule has 10 heteroatoms. The molecule has 2 aromatic carbocycles. The molecule has 7 nitrogen and oxygen atoms in total. The van der Waals surface area contributed by atoms with E-state index in [0.29, 0.717) is 32.0 Å². The second kappa shape index (κ2) is 10.3. The Morgan fingerprint density at radius 1 is 1.09 bits per heavy atom. The number of benzene rings is 2. The van der Waals surface area contributed by atoms with Gasteiger partial charge in [-0.05, 0) is 61.4 Å². The van der Waals surface area contributed by atoms with E-state index in [2.05, 4.69) is 36.5 Å². The number of nitrogen functional groups attached to an aromatic ring is 1. The third kappa shape index (κ3) is 5.52. The van der Waals surface area contributed by atoms with Gasteiger partial charge in [0.2, 0.25) is 0 Å². The average molecular weight is 549 g/mol. The highest BCUT2D eigenvalue weighted by Gasteiger charge is 2.23. The number of aliphatic imine (C=N–C) groups is 1. The Morgan fingerprint density at radius 2 is 1.82 bits per heavy atom. The molecular formula is C23H20BrCl2N5O2. The lowest BCUT2D eigenvalue weighted by Crippen LogP contribution is -2.28. The lowest BCUT2D eigenvalue weighted by Gasteiger charge is -2.16. The normalized spacial score (nSPS) is 11.3. The van der Waals surface area contributed by atoms with Gasteiger partial charge in [-0.2, -0.15) is 0 Å². The van der Waals surface area contributed by atoms with Crippen molar-refractivity contribution in [2.24, 2.45) is 4.99 Å². The molecule has 0 saturated carbocycles. The number of nitrogens with two attached hydrogens (primary N) is 1. The number of aromatic nitrogens is 1. The molecular weight excluding hydrogens is 529 g/mol. The summed E-state index contributed by atoms with van der Waals surface area (Å²) in [7, 11) is 1.49. The van der Waals surface area contributed by atoms with E-state index in [1.54, 1.807) is 31.2 Å². The highest BCUT2D eigenvalue weighted by molar-refractivity contribution is 9.10. The van der Waals surface area contributed by atoms with Crippen molar-refractivity contribution < 1.29 is 9.59 Å². The molecule has 170 valence electrons. The molecule has 3 aromatic rings. The minimum Gasteiger partial charge on any atom is -0.398 e. The molecule has 0 saturated heterocycles. The van der Waals surface area contributed by atoms with Crippen LogP contribution in [0.5, 0.6) is 0 Å². The summed E-state index contributed by atoms with van der Waals surface area (Å²) in [5.41, 5.74) is 8.91. The number of carbonyl (C=O) groups is 2. The van der Waals surface area contributed by atoms with Gasteiger partial charge in [-0.1, -0.05) is 39.1 Å². The number of anilines is 2. The van der Waals surface area contributed by atoms with Crippen molar-refractivity contribution in [3.05, 3.63) is 79.4 Å². The molecule has 4 N–H and O–H groups in total. The van der Waals surface area contributed by atoms with Gasteiger partial charge in [0.25, 0.3) is 11.8 Å². The summed E-state index contributed by atoms with van der Waals surface area (Å²) in [5, 5.41) is 5.98. The summed E-state index contributed by atoms with van der Waals surface area (Å²) in [6.07, 6.45) is 1.52. The van der Waals surface area contributed by atoms with Crippen LogP contribution in [0.3, 0.4) is 0 Å². The minimum atomic E-state index is -0.600. The first kappa shape index (κ1) is 24.7. The van der Waals surface area contributed by atoms with Crippen LogP contribution in [-0.2, 0) is 4.79 Å². The number of pyridine rings is 1. The third-order valence-corrected chi connectivity index (χ3v) is 5.76. The summed E-state index contributed by atoms with van der Waals surface area (Å²) < 4.78 is 0.713. The fraction of sp³-hybridized carbons (Fsp3) is 0.130. The molecule has 0 aliphatic rings. The molecule has 0 aliphatic carbocycles. The Labute approximate surface area is 209 Å². The van der Waals surface area contributed by atoms with Crippen LogP contribution in [0.4, 0.5) is 17.2 Å². The van der Waals surface area contributed by atoms with Gasteiger partial charge < -0.3 is 16.4 Å². The molecule has 0 aliphatic heterocycles. The van der Waals surface area contributed by atoms with Crippen molar-refractivity contribution in [1.29, 1.82) is 0 Å². The topological polar surface area (TPSA) is 109 Å². The SMILES string of the molecule is CNC(=O)c1cc(Cl)cc(C)c1NC(=O)C(=Nc1ncccc1Cl)c1cc(Br)cc(C)c1N. The van der Waals surface area contributed by atoms with Crippen LogP contribution >= 0.6 is 39.1 Å². The average Bonchev–Trinajstić information content (AvgIpc) is 2.76. The van der Waals surface area contributed by atoms with Gasteiger partial charge in [-0.15, -0.1) is 0 Å². The van der Waals surface area contributed by atoms with Gasteiger partial charge in [0.15, 0.2) is 5.82 Å². The standard InChI is InChI=1S/C23H20BrCl2N5O2/c1-11-7-13(24)9-15(18(11)27)20(30-21-17(26)5-4-6-29-21)23(33)31-19-12(2)8-14(25)10-16(19)22(32)28-3/h4-10H,27H2,1-3H3,(H,28,32)(H,31,33). The van der Waals surface area contributed by atoms with E-state index in [0.717, 1.165) is 5.56 Å². The van der Waals surface area contributed by atoms with Crippen LogP contribution in [0.1, 0.15) is 27.0 Å². The van der Waals surface area contributed by atoms with E-state index in [4.69, 9.17) is 28.9 Å². The maximum absolute atomic E-state index is 13.6. The first-order valence-electron chi connectivity index (χ1n) is 9.71. The smallest absolute Gasteiger partial charge is 0.275 e. The largest absolute Gasteiger partial charge is 0.398 e. The van der Waals surface area contributed by atoms with Crippen molar-refractivity contribution in [2.45, 2.75) is 13.8 Å². The molecule has 33 heavy (non-hydrogen) atoms. The van der Waals surface area contributed by atoms with Crippen molar-refractivity contribution in [1.82, 2.24) is 10.3 Å². The number of nitrogens with zero attached hydrogens (tertiary/aromatic N) is 2. The number of hydrogen-bond acceptors (Lipinski definition) is 5. The van der Waals surface area contributed by atoms with E-state index >= 15 is 0 Å². The Balaban J connectivity index is 2.19. The molecule has 0 bridgehead atoms. The second-order valence-electron chi connectivity index (χ2n) is 7.13. The Morgan fingerprint density at radius 3 is 2.48 bits per heavy atom. The van der Waals surface area contributed by atoms with E-state index in [1.807, 2.05) is 13.0 Å². The van der Waals surface area contributed by atoms with Crippen molar-refractivity contribution in [2.75, 3.05) is 18.1 Å². The fourth-order valence-corrected chi connectivity index (χ4v) is 4.15. The van der Waals surface area contributed by atoms with E-state index in [-0.39, 0.29) is 22.1 Å². The van der Waals surface area contributed by atoms with Crippen LogP contribution in [-0.4, -0.2) is 29.6 Å². The van der Waals surface area contributed by atoms with Gasteiger partial charge >= 0.3 is 0 Å². The van der Waals surface area contributed by atoms with Gasteiger partial charge in [0.1, 0.15) is 5.71 Å². The van der Waals surface area contributed by atoms with Crippen LogP contribution < -0.4 is 16.4 Å². The highest BCUT2D eigenvalue weighted by Crippen LogP contribution is 2.29. The summed E-state index contributed by atoms with van der Waals surface area (Å²) in [6.45, 7) is 3.55. The van der Waals surface area contributed by atoms with Crippen LogP contribution in [0.2, 0.25) is 10.0 Å². The minimum absolute atomic E-state index is 0.0188. The first-order chi connectivity index (χ1) is 15.6. The van der Waals surface area contributed by atoms with Crippen molar-refractivity contribution >= 4 is 73.9 Å². The number of amides is 2. The number of nitrogens with one attached hydrogen (secondary N) is 2. The molecule has 0 unspecified atom stereocenters. The van der Waals surface area contributed by atoms with E-state index < -0.39 is 11.8 Å². The zero-order valence-corrected chi connectivity index (χ0v) is 21.1. The fourth-order valence-electron chi connectivity index (χ4n) is 3.14. The zero-order valence-electron chi connectivity index (χ0n) is 18.0. The number of aryl methyl sites for hydroxylation is 2. The maximum Gasteiger partial charge on any atom is 0.275 e. The number of rotatable bonds is 5. The van der Waals surface area contributed by atoms with Crippen molar-refractivity contribution in [3.8, 4) is 0 Å². The lowest BCUT2D eigenvalue weighted by molar-refractivity contribution is -0.110. The monoisotopic (exact) mass is 547 g/mol. The molecule has 1 heterocycles. The molecule has 2 amide bonds. The van der Waals surface area contributed by atoms with E-state index in [1.165, 1.54) is 19.3 Å². The number of halogens is 3. The van der Waals surface area contributed by atoms with E-state index in [9.17, 15) is 9.59 Å². The molecule has 1 aromatic heterocycles. The van der Waals surface area contributed by atoms with Crippen molar-refractivity contribution in [3.63, 3.8) is 0 Å². The van der Waals surface area contributed by atoms with Gasteiger partial charge in [-0.25, -0.2) is 9.98 Å². The summed E-state index contributed by atoms with van der Waals surface area (Å²) in [5.74, 6) is -0.850.